The summed E-state index contributed by atoms with van der Waals surface area (Å²) in [7, 11) is 0. The maximum absolute atomic E-state index is 11.8. The second kappa shape index (κ2) is 10.7. The fourth-order valence-corrected chi connectivity index (χ4v) is 2.42. The number of amides is 2. The average molecular weight is 353 g/mol. The lowest BCUT2D eigenvalue weighted by Crippen LogP contribution is -2.34. The van der Waals surface area contributed by atoms with E-state index in [1.165, 1.54) is 0 Å². The molecule has 26 heavy (non-hydrogen) atoms. The zero-order chi connectivity index (χ0) is 18.6. The van der Waals surface area contributed by atoms with Gasteiger partial charge in [0, 0.05) is 31.5 Å². The van der Waals surface area contributed by atoms with Gasteiger partial charge in [-0.2, -0.15) is 5.10 Å². The molecule has 0 atom stereocenters. The molecule has 0 aliphatic carbocycles. The molecule has 2 amide bonds. The standard InChI is InChI=1S/C20H23N3O3/c24-19(25)12-7-13-21-20(26)23-22-18(14-16-8-3-1-4-9-16)15-17-10-5-2-6-11-17/h1-6,8-11H,7,12-15H2,(H,24,25)(H2,21,23,26). The maximum atomic E-state index is 11.8. The van der Waals surface area contributed by atoms with Gasteiger partial charge in [0.25, 0.3) is 0 Å². The number of carboxylic acids is 1. The number of hydrogen-bond acceptors (Lipinski definition) is 3. The minimum atomic E-state index is -0.877. The number of benzene rings is 2. The predicted molar refractivity (Wildman–Crippen MR) is 101 cm³/mol. The van der Waals surface area contributed by atoms with Crippen LogP contribution < -0.4 is 10.7 Å². The average Bonchev–Trinajstić information content (AvgIpc) is 2.65. The number of nitrogens with one attached hydrogen (secondary N) is 2. The molecule has 0 saturated heterocycles. The van der Waals surface area contributed by atoms with Crippen LogP contribution in [0.15, 0.2) is 65.8 Å². The van der Waals surface area contributed by atoms with E-state index in [0.717, 1.165) is 16.8 Å². The number of aliphatic carboxylic acids is 1. The first kappa shape index (κ1) is 19.2. The Morgan fingerprint density at radius 2 is 1.42 bits per heavy atom. The van der Waals surface area contributed by atoms with Crippen LogP contribution in [0.1, 0.15) is 24.0 Å². The minimum Gasteiger partial charge on any atom is -0.481 e. The molecular formula is C20H23N3O3. The topological polar surface area (TPSA) is 90.8 Å². The first-order chi connectivity index (χ1) is 12.6. The molecule has 0 unspecified atom stereocenters. The van der Waals surface area contributed by atoms with Crippen molar-refractivity contribution >= 4 is 17.7 Å². The van der Waals surface area contributed by atoms with Crippen molar-refractivity contribution in [3.63, 3.8) is 0 Å². The minimum absolute atomic E-state index is 0.0246. The van der Waals surface area contributed by atoms with Crippen LogP contribution in [0.2, 0.25) is 0 Å². The summed E-state index contributed by atoms with van der Waals surface area (Å²) in [6.45, 7) is 0.292. The highest BCUT2D eigenvalue weighted by atomic mass is 16.4. The molecule has 3 N–H and O–H groups in total. The Hall–Kier alpha value is -3.15. The smallest absolute Gasteiger partial charge is 0.335 e. The molecule has 0 saturated carbocycles. The van der Waals surface area contributed by atoms with Gasteiger partial charge in [0.15, 0.2) is 0 Å². The molecule has 2 aromatic rings. The third kappa shape index (κ3) is 7.61. The number of hydrogen-bond donors (Lipinski definition) is 3. The summed E-state index contributed by atoms with van der Waals surface area (Å²) < 4.78 is 0. The van der Waals surface area contributed by atoms with Crippen molar-refractivity contribution in [3.8, 4) is 0 Å². The van der Waals surface area contributed by atoms with Gasteiger partial charge in [-0.15, -0.1) is 0 Å². The van der Waals surface area contributed by atoms with Crippen LogP contribution in [0.5, 0.6) is 0 Å². The molecule has 0 aromatic heterocycles. The Bertz CT molecular complexity index is 687. The van der Waals surface area contributed by atoms with Gasteiger partial charge in [0.05, 0.1) is 0 Å². The Kier molecular flexibility index (Phi) is 7.86. The fourth-order valence-electron chi connectivity index (χ4n) is 2.42. The summed E-state index contributed by atoms with van der Waals surface area (Å²) >= 11 is 0. The van der Waals surface area contributed by atoms with Gasteiger partial charge in [0.1, 0.15) is 0 Å². The molecule has 0 fully saturated rings. The fraction of sp³-hybridized carbons (Fsp3) is 0.250. The number of carboxylic acid groups (broad SMARTS) is 1. The summed E-state index contributed by atoms with van der Waals surface area (Å²) in [6.07, 6.45) is 1.67. The number of carbonyl (C=O) groups excluding carboxylic acids is 1. The van der Waals surface area contributed by atoms with Crippen LogP contribution in [0.4, 0.5) is 4.79 Å². The molecule has 0 spiro atoms. The van der Waals surface area contributed by atoms with Crippen LogP contribution in [-0.2, 0) is 17.6 Å². The largest absolute Gasteiger partial charge is 0.481 e. The van der Waals surface area contributed by atoms with E-state index >= 15 is 0 Å². The number of rotatable bonds is 9. The molecule has 0 heterocycles. The highest BCUT2D eigenvalue weighted by Crippen LogP contribution is 2.07. The second-order valence-electron chi connectivity index (χ2n) is 5.87. The first-order valence-corrected chi connectivity index (χ1v) is 8.52. The molecular weight excluding hydrogens is 330 g/mol. The number of hydrazone groups is 1. The molecule has 136 valence electrons. The highest BCUT2D eigenvalue weighted by molar-refractivity contribution is 5.89. The van der Waals surface area contributed by atoms with Gasteiger partial charge in [-0.1, -0.05) is 60.7 Å². The molecule has 0 radical (unpaired) electrons. The molecule has 6 heteroatoms. The van der Waals surface area contributed by atoms with E-state index in [1.807, 2.05) is 60.7 Å². The predicted octanol–water partition coefficient (Wildman–Crippen LogP) is 2.99. The molecule has 0 aliphatic heterocycles. The van der Waals surface area contributed by atoms with Crippen LogP contribution in [0, 0.1) is 0 Å². The normalized spacial score (nSPS) is 10.0. The zero-order valence-corrected chi connectivity index (χ0v) is 14.5. The van der Waals surface area contributed by atoms with Crippen molar-refractivity contribution in [2.24, 2.45) is 5.10 Å². The number of nitrogens with zero attached hydrogens (tertiary/aromatic N) is 1. The maximum Gasteiger partial charge on any atom is 0.335 e. The Morgan fingerprint density at radius 3 is 1.92 bits per heavy atom. The van der Waals surface area contributed by atoms with Crippen LogP contribution in [-0.4, -0.2) is 29.4 Å². The first-order valence-electron chi connectivity index (χ1n) is 8.52. The monoisotopic (exact) mass is 353 g/mol. The SMILES string of the molecule is O=C(O)CCCNC(=O)NN=C(Cc1ccccc1)Cc1ccccc1. The lowest BCUT2D eigenvalue weighted by molar-refractivity contribution is -0.137. The van der Waals surface area contributed by atoms with Crippen molar-refractivity contribution < 1.29 is 14.7 Å². The second-order valence-corrected chi connectivity index (χ2v) is 5.87. The van der Waals surface area contributed by atoms with Gasteiger partial charge in [-0.25, -0.2) is 10.2 Å². The third-order valence-corrected chi connectivity index (χ3v) is 3.67. The van der Waals surface area contributed by atoms with Gasteiger partial charge < -0.3 is 10.4 Å². The summed E-state index contributed by atoms with van der Waals surface area (Å²) in [4.78, 5) is 22.3. The van der Waals surface area contributed by atoms with Crippen LogP contribution in [0.25, 0.3) is 0 Å². The number of carbonyl (C=O) groups is 2. The summed E-state index contributed by atoms with van der Waals surface area (Å²) in [5.41, 5.74) is 5.57. The van der Waals surface area contributed by atoms with Gasteiger partial charge in [-0.05, 0) is 17.5 Å². The van der Waals surface area contributed by atoms with E-state index in [0.29, 0.717) is 25.8 Å². The van der Waals surface area contributed by atoms with Crippen molar-refractivity contribution in [2.75, 3.05) is 6.54 Å². The molecule has 2 rings (SSSR count). The third-order valence-electron chi connectivity index (χ3n) is 3.67. The van der Waals surface area contributed by atoms with Crippen molar-refractivity contribution in [3.05, 3.63) is 71.8 Å². The van der Waals surface area contributed by atoms with Gasteiger partial charge in [0.2, 0.25) is 0 Å². The van der Waals surface area contributed by atoms with E-state index < -0.39 is 12.0 Å². The summed E-state index contributed by atoms with van der Waals surface area (Å²) in [5.74, 6) is -0.877. The van der Waals surface area contributed by atoms with E-state index in [4.69, 9.17) is 5.11 Å². The summed E-state index contributed by atoms with van der Waals surface area (Å²) in [6, 6.07) is 19.4. The Balaban J connectivity index is 1.94. The van der Waals surface area contributed by atoms with Crippen LogP contribution >= 0.6 is 0 Å². The lowest BCUT2D eigenvalue weighted by Gasteiger charge is -2.09. The number of urea groups is 1. The van der Waals surface area contributed by atoms with E-state index in [2.05, 4.69) is 15.8 Å². The lowest BCUT2D eigenvalue weighted by atomic mass is 10.0. The quantitative estimate of drug-likeness (QED) is 0.368. The van der Waals surface area contributed by atoms with Crippen molar-refractivity contribution in [1.29, 1.82) is 0 Å². The van der Waals surface area contributed by atoms with Crippen molar-refractivity contribution in [2.45, 2.75) is 25.7 Å². The van der Waals surface area contributed by atoms with Gasteiger partial charge >= 0.3 is 12.0 Å². The summed E-state index contributed by atoms with van der Waals surface area (Å²) in [5, 5.41) is 15.5. The van der Waals surface area contributed by atoms with Crippen molar-refractivity contribution in [1.82, 2.24) is 10.7 Å². The Labute approximate surface area is 152 Å². The van der Waals surface area contributed by atoms with E-state index in [9.17, 15) is 9.59 Å². The molecule has 0 aliphatic rings. The van der Waals surface area contributed by atoms with E-state index in [-0.39, 0.29) is 6.42 Å². The molecule has 6 nitrogen and oxygen atoms in total. The van der Waals surface area contributed by atoms with E-state index in [1.54, 1.807) is 0 Å². The highest BCUT2D eigenvalue weighted by Gasteiger charge is 2.06. The Morgan fingerprint density at radius 1 is 0.885 bits per heavy atom. The van der Waals surface area contributed by atoms with Crippen LogP contribution in [0.3, 0.4) is 0 Å². The molecule has 2 aromatic carbocycles. The molecule has 0 bridgehead atoms. The van der Waals surface area contributed by atoms with Gasteiger partial charge in [-0.3, -0.25) is 4.79 Å². The zero-order valence-electron chi connectivity index (χ0n) is 14.5.